The molecule has 0 aliphatic carbocycles. The third-order valence-electron chi connectivity index (χ3n) is 2.96. The van der Waals surface area contributed by atoms with Crippen molar-refractivity contribution < 1.29 is 4.42 Å². The Morgan fingerprint density at radius 3 is 2.50 bits per heavy atom. The number of halogens is 1. The van der Waals surface area contributed by atoms with Crippen molar-refractivity contribution in [3.63, 3.8) is 0 Å². The van der Waals surface area contributed by atoms with Crippen LogP contribution in [0.25, 0.3) is 23.1 Å². The Morgan fingerprint density at radius 1 is 0.950 bits per heavy atom. The molecule has 0 saturated heterocycles. The molecule has 0 spiro atoms. The van der Waals surface area contributed by atoms with E-state index in [9.17, 15) is 4.79 Å². The van der Waals surface area contributed by atoms with Crippen molar-refractivity contribution in [1.82, 2.24) is 0 Å². The SMILES string of the molecule is O=c1cc(/C=C/c2ccc(Br)cc2)oc2ccccc12. The minimum absolute atomic E-state index is 0.0256. The van der Waals surface area contributed by atoms with Crippen LogP contribution in [0.15, 0.2) is 68.3 Å². The zero-order valence-electron chi connectivity index (χ0n) is 10.5. The maximum Gasteiger partial charge on any atom is 0.193 e. The lowest BCUT2D eigenvalue weighted by molar-refractivity contribution is 0.591. The number of para-hydroxylation sites is 1. The molecule has 0 aliphatic heterocycles. The lowest BCUT2D eigenvalue weighted by Crippen LogP contribution is -1.99. The van der Waals surface area contributed by atoms with Crippen molar-refractivity contribution in [2.24, 2.45) is 0 Å². The van der Waals surface area contributed by atoms with Gasteiger partial charge in [0.2, 0.25) is 0 Å². The largest absolute Gasteiger partial charge is 0.456 e. The second-order valence-corrected chi connectivity index (χ2v) is 5.31. The molecule has 0 atom stereocenters. The summed E-state index contributed by atoms with van der Waals surface area (Å²) < 4.78 is 6.73. The van der Waals surface area contributed by atoms with Gasteiger partial charge in [-0.05, 0) is 35.9 Å². The first-order chi connectivity index (χ1) is 9.72. The number of hydrogen-bond acceptors (Lipinski definition) is 2. The van der Waals surface area contributed by atoms with E-state index >= 15 is 0 Å². The quantitative estimate of drug-likeness (QED) is 0.681. The average molecular weight is 327 g/mol. The lowest BCUT2D eigenvalue weighted by atomic mass is 10.2. The zero-order valence-corrected chi connectivity index (χ0v) is 12.1. The van der Waals surface area contributed by atoms with E-state index in [1.807, 2.05) is 42.5 Å². The molecule has 0 aliphatic rings. The molecule has 3 rings (SSSR count). The molecule has 2 nitrogen and oxygen atoms in total. The predicted molar refractivity (Wildman–Crippen MR) is 85.6 cm³/mol. The Balaban J connectivity index is 1.98. The van der Waals surface area contributed by atoms with E-state index in [1.165, 1.54) is 6.07 Å². The summed E-state index contributed by atoms with van der Waals surface area (Å²) in [5.74, 6) is 0.552. The fraction of sp³-hybridized carbons (Fsp3) is 0. The van der Waals surface area contributed by atoms with Crippen LogP contribution in [0.4, 0.5) is 0 Å². The second-order valence-electron chi connectivity index (χ2n) is 4.39. The zero-order chi connectivity index (χ0) is 13.9. The van der Waals surface area contributed by atoms with Crippen LogP contribution in [0.2, 0.25) is 0 Å². The Bertz CT molecular complexity index is 829. The van der Waals surface area contributed by atoms with E-state index in [0.29, 0.717) is 16.7 Å². The van der Waals surface area contributed by atoms with Gasteiger partial charge in [0, 0.05) is 10.5 Å². The summed E-state index contributed by atoms with van der Waals surface area (Å²) in [6.45, 7) is 0. The first-order valence-electron chi connectivity index (χ1n) is 6.19. The summed E-state index contributed by atoms with van der Waals surface area (Å²) in [4.78, 5) is 12.0. The van der Waals surface area contributed by atoms with Gasteiger partial charge in [-0.3, -0.25) is 4.79 Å². The fourth-order valence-corrected chi connectivity index (χ4v) is 2.22. The fourth-order valence-electron chi connectivity index (χ4n) is 1.96. The maximum atomic E-state index is 12.0. The molecule has 0 unspecified atom stereocenters. The molecule has 98 valence electrons. The highest BCUT2D eigenvalue weighted by Crippen LogP contribution is 2.15. The third-order valence-corrected chi connectivity index (χ3v) is 3.49. The van der Waals surface area contributed by atoms with Gasteiger partial charge in [0.05, 0.1) is 5.39 Å². The van der Waals surface area contributed by atoms with Crippen molar-refractivity contribution in [1.29, 1.82) is 0 Å². The smallest absolute Gasteiger partial charge is 0.193 e. The minimum Gasteiger partial charge on any atom is -0.456 e. The van der Waals surface area contributed by atoms with Gasteiger partial charge in [0.25, 0.3) is 0 Å². The van der Waals surface area contributed by atoms with E-state index in [-0.39, 0.29) is 5.43 Å². The molecule has 1 aromatic heterocycles. The van der Waals surface area contributed by atoms with Gasteiger partial charge in [-0.25, -0.2) is 0 Å². The topological polar surface area (TPSA) is 30.2 Å². The molecule has 0 radical (unpaired) electrons. The van der Waals surface area contributed by atoms with Crippen LogP contribution in [0.1, 0.15) is 11.3 Å². The van der Waals surface area contributed by atoms with Crippen molar-refractivity contribution in [2.75, 3.05) is 0 Å². The van der Waals surface area contributed by atoms with Crippen molar-refractivity contribution >= 4 is 39.1 Å². The van der Waals surface area contributed by atoms with Crippen LogP contribution < -0.4 is 5.43 Å². The molecule has 2 aromatic carbocycles. The van der Waals surface area contributed by atoms with Gasteiger partial charge in [0.1, 0.15) is 11.3 Å². The Hall–Kier alpha value is -2.13. The van der Waals surface area contributed by atoms with E-state index < -0.39 is 0 Å². The highest BCUT2D eigenvalue weighted by Gasteiger charge is 2.01. The van der Waals surface area contributed by atoms with Gasteiger partial charge in [-0.2, -0.15) is 0 Å². The standard InChI is InChI=1S/C17H11BrO2/c18-13-8-5-12(6-9-13)7-10-14-11-16(19)15-3-1-2-4-17(15)20-14/h1-11H/b10-7+. The van der Waals surface area contributed by atoms with Gasteiger partial charge in [-0.15, -0.1) is 0 Å². The van der Waals surface area contributed by atoms with Crippen LogP contribution >= 0.6 is 15.9 Å². The van der Waals surface area contributed by atoms with Crippen molar-refractivity contribution in [3.05, 3.63) is 80.6 Å². The molecule has 3 aromatic rings. The van der Waals surface area contributed by atoms with Crippen molar-refractivity contribution in [3.8, 4) is 0 Å². The van der Waals surface area contributed by atoms with E-state index in [2.05, 4.69) is 15.9 Å². The van der Waals surface area contributed by atoms with Crippen LogP contribution in [0.3, 0.4) is 0 Å². The van der Waals surface area contributed by atoms with E-state index in [4.69, 9.17) is 4.42 Å². The van der Waals surface area contributed by atoms with Crippen LogP contribution in [-0.4, -0.2) is 0 Å². The first kappa shape index (κ1) is 12.9. The molecular weight excluding hydrogens is 316 g/mol. The molecule has 0 amide bonds. The summed E-state index contributed by atoms with van der Waals surface area (Å²) in [7, 11) is 0. The molecule has 0 fully saturated rings. The van der Waals surface area contributed by atoms with E-state index in [1.54, 1.807) is 18.2 Å². The Kier molecular flexibility index (Phi) is 3.52. The highest BCUT2D eigenvalue weighted by atomic mass is 79.9. The summed E-state index contributed by atoms with van der Waals surface area (Å²) in [6, 6.07) is 16.7. The minimum atomic E-state index is -0.0256. The summed E-state index contributed by atoms with van der Waals surface area (Å²) in [5.41, 5.74) is 1.63. The Morgan fingerprint density at radius 2 is 1.70 bits per heavy atom. The van der Waals surface area contributed by atoms with Crippen LogP contribution in [-0.2, 0) is 0 Å². The monoisotopic (exact) mass is 326 g/mol. The predicted octanol–water partition coefficient (Wildman–Crippen LogP) is 4.73. The average Bonchev–Trinajstić information content (AvgIpc) is 2.47. The second kappa shape index (κ2) is 5.47. The molecule has 3 heteroatoms. The van der Waals surface area contributed by atoms with Gasteiger partial charge >= 0.3 is 0 Å². The number of hydrogen-bond donors (Lipinski definition) is 0. The molecule has 20 heavy (non-hydrogen) atoms. The summed E-state index contributed by atoms with van der Waals surface area (Å²) in [5, 5.41) is 0.605. The van der Waals surface area contributed by atoms with Gasteiger partial charge < -0.3 is 4.42 Å². The molecule has 0 saturated carbocycles. The van der Waals surface area contributed by atoms with Crippen LogP contribution in [0.5, 0.6) is 0 Å². The van der Waals surface area contributed by atoms with Crippen molar-refractivity contribution in [2.45, 2.75) is 0 Å². The van der Waals surface area contributed by atoms with E-state index in [0.717, 1.165) is 10.0 Å². The molecule has 1 heterocycles. The van der Waals surface area contributed by atoms with Gasteiger partial charge in [0.15, 0.2) is 5.43 Å². The van der Waals surface area contributed by atoms with Gasteiger partial charge in [-0.1, -0.05) is 46.3 Å². The highest BCUT2D eigenvalue weighted by molar-refractivity contribution is 9.10. The first-order valence-corrected chi connectivity index (χ1v) is 6.98. The molecular formula is C17H11BrO2. The molecule has 0 N–H and O–H groups in total. The maximum absolute atomic E-state index is 12.0. The summed E-state index contributed by atoms with van der Waals surface area (Å²) in [6.07, 6.45) is 3.72. The lowest BCUT2D eigenvalue weighted by Gasteiger charge is -1.98. The number of rotatable bonds is 2. The number of benzene rings is 2. The third kappa shape index (κ3) is 2.73. The van der Waals surface area contributed by atoms with Crippen LogP contribution in [0, 0.1) is 0 Å². The molecule has 0 bridgehead atoms. The number of fused-ring (bicyclic) bond motifs is 1. The summed E-state index contributed by atoms with van der Waals surface area (Å²) >= 11 is 3.39. The normalized spacial score (nSPS) is 11.2. The Labute approximate surface area is 124 Å².